The second-order valence-corrected chi connectivity index (χ2v) is 7.48. The minimum absolute atomic E-state index is 0.0366. The summed E-state index contributed by atoms with van der Waals surface area (Å²) in [5.41, 5.74) is 6.99. The molecule has 0 fully saturated rings. The molecule has 0 bridgehead atoms. The van der Waals surface area contributed by atoms with Gasteiger partial charge in [0.25, 0.3) is 0 Å². The summed E-state index contributed by atoms with van der Waals surface area (Å²) in [6.45, 7) is 7.93. The predicted octanol–water partition coefficient (Wildman–Crippen LogP) is 3.55. The fourth-order valence-electron chi connectivity index (χ4n) is 2.40. The first kappa shape index (κ1) is 19.1. The van der Waals surface area contributed by atoms with Gasteiger partial charge in [0.2, 0.25) is 0 Å². The van der Waals surface area contributed by atoms with E-state index >= 15 is 0 Å². The van der Waals surface area contributed by atoms with Crippen LogP contribution in [0.5, 0.6) is 0 Å². The molecule has 1 unspecified atom stereocenters. The van der Waals surface area contributed by atoms with Crippen LogP contribution in [-0.4, -0.2) is 38.0 Å². The van der Waals surface area contributed by atoms with E-state index in [-0.39, 0.29) is 11.5 Å². The average Bonchev–Trinajstić information content (AvgIpc) is 2.34. The number of nitrogens with two attached hydrogens (primary N) is 1. The second kappa shape index (κ2) is 8.04. The Hall–Kier alpha value is -0.970. The van der Waals surface area contributed by atoms with Gasteiger partial charge in [-0.15, -0.1) is 0 Å². The molecule has 0 saturated heterocycles. The van der Waals surface area contributed by atoms with Crippen LogP contribution in [0.2, 0.25) is 10.0 Å². The summed E-state index contributed by atoms with van der Waals surface area (Å²) in [4.78, 5) is 6.60. The third-order valence-electron chi connectivity index (χ3n) is 3.22. The normalized spacial score (nSPS) is 14.3. The molecule has 0 aliphatic carbocycles. The van der Waals surface area contributed by atoms with Gasteiger partial charge in [-0.1, -0.05) is 43.1 Å². The number of hydrogen-bond donors (Lipinski definition) is 2. The van der Waals surface area contributed by atoms with Crippen LogP contribution in [0.3, 0.4) is 0 Å². The SMILES string of the molecule is CC(NC(N)=NCC(C)(C)CN(C)C)c1ccc(Cl)cc1Cl. The molecule has 6 heteroatoms. The molecule has 1 aromatic rings. The average molecular weight is 345 g/mol. The van der Waals surface area contributed by atoms with Crippen LogP contribution in [0.4, 0.5) is 0 Å². The molecule has 0 saturated carbocycles. The van der Waals surface area contributed by atoms with Crippen LogP contribution >= 0.6 is 23.2 Å². The van der Waals surface area contributed by atoms with Gasteiger partial charge in [-0.05, 0) is 44.1 Å². The lowest BCUT2D eigenvalue weighted by Gasteiger charge is -2.26. The molecular weight excluding hydrogens is 319 g/mol. The van der Waals surface area contributed by atoms with E-state index in [1.807, 2.05) is 19.1 Å². The van der Waals surface area contributed by atoms with Gasteiger partial charge < -0.3 is 16.0 Å². The summed E-state index contributed by atoms with van der Waals surface area (Å²) in [7, 11) is 4.11. The van der Waals surface area contributed by atoms with Crippen molar-refractivity contribution in [3.63, 3.8) is 0 Å². The van der Waals surface area contributed by atoms with Gasteiger partial charge >= 0.3 is 0 Å². The molecule has 3 N–H and O–H groups in total. The van der Waals surface area contributed by atoms with Gasteiger partial charge in [-0.2, -0.15) is 0 Å². The third-order valence-corrected chi connectivity index (χ3v) is 3.78. The fraction of sp³-hybridized carbons (Fsp3) is 0.562. The number of guanidine groups is 1. The van der Waals surface area contributed by atoms with Crippen molar-refractivity contribution in [2.45, 2.75) is 26.8 Å². The van der Waals surface area contributed by atoms with E-state index in [4.69, 9.17) is 28.9 Å². The maximum atomic E-state index is 6.20. The van der Waals surface area contributed by atoms with Crippen LogP contribution in [-0.2, 0) is 0 Å². The number of halogens is 2. The molecule has 0 aromatic heterocycles. The number of nitrogens with one attached hydrogen (secondary N) is 1. The number of hydrogen-bond acceptors (Lipinski definition) is 2. The largest absolute Gasteiger partial charge is 0.370 e. The molecule has 0 amide bonds. The second-order valence-electron chi connectivity index (χ2n) is 6.64. The van der Waals surface area contributed by atoms with Crippen molar-refractivity contribution in [1.82, 2.24) is 10.2 Å². The zero-order valence-electron chi connectivity index (χ0n) is 14.0. The minimum Gasteiger partial charge on any atom is -0.370 e. The maximum absolute atomic E-state index is 6.20. The molecule has 0 aliphatic rings. The Morgan fingerprint density at radius 2 is 2.00 bits per heavy atom. The lowest BCUT2D eigenvalue weighted by Crippen LogP contribution is -2.36. The van der Waals surface area contributed by atoms with E-state index in [2.05, 4.69) is 43.2 Å². The van der Waals surface area contributed by atoms with E-state index in [1.54, 1.807) is 6.07 Å². The predicted molar refractivity (Wildman–Crippen MR) is 96.8 cm³/mol. The maximum Gasteiger partial charge on any atom is 0.189 e. The highest BCUT2D eigenvalue weighted by atomic mass is 35.5. The standard InChI is InChI=1S/C16H26Cl2N4/c1-11(13-7-6-12(17)8-14(13)18)21-15(19)20-9-16(2,3)10-22(4)5/h6-8,11H,9-10H2,1-5H3,(H3,19,20,21). The lowest BCUT2D eigenvalue weighted by molar-refractivity contribution is 0.249. The monoisotopic (exact) mass is 344 g/mol. The Morgan fingerprint density at radius 3 is 2.55 bits per heavy atom. The van der Waals surface area contributed by atoms with E-state index in [0.29, 0.717) is 22.5 Å². The van der Waals surface area contributed by atoms with E-state index in [9.17, 15) is 0 Å². The van der Waals surface area contributed by atoms with Crippen molar-refractivity contribution in [3.8, 4) is 0 Å². The topological polar surface area (TPSA) is 53.6 Å². The van der Waals surface area contributed by atoms with Crippen LogP contribution in [0, 0.1) is 5.41 Å². The van der Waals surface area contributed by atoms with Crippen LogP contribution in [0.25, 0.3) is 0 Å². The van der Waals surface area contributed by atoms with Crippen molar-refractivity contribution < 1.29 is 0 Å². The molecule has 1 rings (SSSR count). The molecule has 0 spiro atoms. The Labute approximate surface area is 143 Å². The van der Waals surface area contributed by atoms with Crippen LogP contribution < -0.4 is 11.1 Å². The molecule has 0 aliphatic heterocycles. The summed E-state index contributed by atoms with van der Waals surface area (Å²) in [5, 5.41) is 4.41. The number of aliphatic imine (C=N–C) groups is 1. The van der Waals surface area contributed by atoms with Crippen molar-refractivity contribution in [2.75, 3.05) is 27.2 Å². The van der Waals surface area contributed by atoms with Crippen LogP contribution in [0.1, 0.15) is 32.4 Å². The van der Waals surface area contributed by atoms with Crippen LogP contribution in [0.15, 0.2) is 23.2 Å². The Bertz CT molecular complexity index is 527. The third kappa shape index (κ3) is 6.42. The Balaban J connectivity index is 2.67. The fourth-order valence-corrected chi connectivity index (χ4v) is 2.98. The first-order valence-electron chi connectivity index (χ1n) is 7.27. The van der Waals surface area contributed by atoms with Crippen molar-refractivity contribution in [2.24, 2.45) is 16.1 Å². The summed E-state index contributed by atoms with van der Waals surface area (Å²) < 4.78 is 0. The first-order chi connectivity index (χ1) is 10.1. The van der Waals surface area contributed by atoms with Crippen molar-refractivity contribution >= 4 is 29.2 Å². The van der Waals surface area contributed by atoms with Gasteiger partial charge in [0.1, 0.15) is 0 Å². The molecule has 0 heterocycles. The summed E-state index contributed by atoms with van der Waals surface area (Å²) in [6, 6.07) is 5.40. The number of nitrogens with zero attached hydrogens (tertiary/aromatic N) is 2. The number of benzene rings is 1. The lowest BCUT2D eigenvalue weighted by atomic mass is 9.93. The molecule has 4 nitrogen and oxygen atoms in total. The van der Waals surface area contributed by atoms with Gasteiger partial charge in [0.05, 0.1) is 6.04 Å². The summed E-state index contributed by atoms with van der Waals surface area (Å²) in [6.07, 6.45) is 0. The van der Waals surface area contributed by atoms with E-state index in [1.165, 1.54) is 0 Å². The molecular formula is C16H26Cl2N4. The quantitative estimate of drug-likeness (QED) is 0.612. The molecule has 22 heavy (non-hydrogen) atoms. The smallest absolute Gasteiger partial charge is 0.189 e. The zero-order chi connectivity index (χ0) is 16.9. The minimum atomic E-state index is -0.0366. The highest BCUT2D eigenvalue weighted by molar-refractivity contribution is 6.35. The van der Waals surface area contributed by atoms with E-state index in [0.717, 1.165) is 12.1 Å². The van der Waals surface area contributed by atoms with E-state index < -0.39 is 0 Å². The molecule has 1 aromatic carbocycles. The zero-order valence-corrected chi connectivity index (χ0v) is 15.5. The first-order valence-corrected chi connectivity index (χ1v) is 8.02. The Kier molecular flexibility index (Phi) is 6.98. The highest BCUT2D eigenvalue weighted by Crippen LogP contribution is 2.26. The van der Waals surface area contributed by atoms with Gasteiger partial charge in [0, 0.05) is 23.1 Å². The highest BCUT2D eigenvalue weighted by Gasteiger charge is 2.18. The molecule has 1 atom stereocenters. The summed E-state index contributed by atoms with van der Waals surface area (Å²) in [5.74, 6) is 0.422. The summed E-state index contributed by atoms with van der Waals surface area (Å²) >= 11 is 12.1. The number of rotatable bonds is 6. The van der Waals surface area contributed by atoms with Gasteiger partial charge in [-0.25, -0.2) is 0 Å². The van der Waals surface area contributed by atoms with Gasteiger partial charge in [-0.3, -0.25) is 4.99 Å². The molecule has 124 valence electrons. The van der Waals surface area contributed by atoms with Crippen molar-refractivity contribution in [1.29, 1.82) is 0 Å². The molecule has 0 radical (unpaired) electrons. The van der Waals surface area contributed by atoms with Gasteiger partial charge in [0.15, 0.2) is 5.96 Å². The Morgan fingerprint density at radius 1 is 1.36 bits per heavy atom. The van der Waals surface area contributed by atoms with Crippen molar-refractivity contribution in [3.05, 3.63) is 33.8 Å².